The second kappa shape index (κ2) is 5.47. The van der Waals surface area contributed by atoms with Crippen molar-refractivity contribution in [1.29, 1.82) is 0 Å². The molecule has 2 aromatic rings. The Morgan fingerprint density at radius 1 is 1.00 bits per heavy atom. The van der Waals surface area contributed by atoms with Crippen molar-refractivity contribution < 1.29 is 13.9 Å². The van der Waals surface area contributed by atoms with Crippen LogP contribution in [0, 0.1) is 11.6 Å². The summed E-state index contributed by atoms with van der Waals surface area (Å²) < 4.78 is 28.2. The lowest BCUT2D eigenvalue weighted by atomic mass is 10.0. The molecule has 1 nitrogen and oxygen atoms in total. The van der Waals surface area contributed by atoms with E-state index in [9.17, 15) is 13.9 Å². The minimum Gasteiger partial charge on any atom is -0.384 e. The number of rotatable bonds is 2. The van der Waals surface area contributed by atoms with E-state index in [0.717, 1.165) is 15.0 Å². The monoisotopic (exact) mass is 376 g/mol. The molecule has 0 aliphatic rings. The first-order valence-electron chi connectivity index (χ1n) is 5.07. The standard InChI is InChI=1S/C13H8Br2F2O/c14-9-5-4-7(6-10(9)15)13(18)8-2-1-3-11(16)12(8)17/h1-6,13,18H. The molecule has 0 fully saturated rings. The zero-order chi connectivity index (χ0) is 13.3. The van der Waals surface area contributed by atoms with Crippen molar-refractivity contribution in [1.82, 2.24) is 0 Å². The fourth-order valence-electron chi connectivity index (χ4n) is 1.59. The Kier molecular flexibility index (Phi) is 4.14. The zero-order valence-corrected chi connectivity index (χ0v) is 12.2. The minimum absolute atomic E-state index is 0.0794. The number of hydrogen-bond donors (Lipinski definition) is 1. The molecule has 0 aromatic heterocycles. The Hall–Kier alpha value is -0.780. The van der Waals surface area contributed by atoms with Crippen LogP contribution < -0.4 is 0 Å². The van der Waals surface area contributed by atoms with Crippen LogP contribution in [0.3, 0.4) is 0 Å². The van der Waals surface area contributed by atoms with Crippen LogP contribution in [-0.4, -0.2) is 5.11 Å². The first-order valence-corrected chi connectivity index (χ1v) is 6.66. The minimum atomic E-state index is -1.20. The van der Waals surface area contributed by atoms with Gasteiger partial charge in [-0.3, -0.25) is 0 Å². The number of benzene rings is 2. The van der Waals surface area contributed by atoms with Gasteiger partial charge in [0.2, 0.25) is 0 Å². The van der Waals surface area contributed by atoms with Gasteiger partial charge in [-0.15, -0.1) is 0 Å². The van der Waals surface area contributed by atoms with Crippen LogP contribution in [-0.2, 0) is 0 Å². The van der Waals surface area contributed by atoms with Crippen LogP contribution in [0.15, 0.2) is 45.3 Å². The number of aliphatic hydroxyl groups excluding tert-OH is 1. The van der Waals surface area contributed by atoms with E-state index in [4.69, 9.17) is 0 Å². The molecule has 0 saturated heterocycles. The predicted molar refractivity (Wildman–Crippen MR) is 72.3 cm³/mol. The molecule has 0 amide bonds. The Labute approximate surface area is 120 Å². The molecule has 0 aliphatic heterocycles. The fourth-order valence-corrected chi connectivity index (χ4v) is 2.24. The second-order valence-corrected chi connectivity index (χ2v) is 5.43. The summed E-state index contributed by atoms with van der Waals surface area (Å²) in [6.07, 6.45) is -1.20. The van der Waals surface area contributed by atoms with Crippen molar-refractivity contribution in [2.24, 2.45) is 0 Å². The van der Waals surface area contributed by atoms with Crippen molar-refractivity contribution >= 4 is 31.9 Å². The quantitative estimate of drug-likeness (QED) is 0.812. The molecule has 1 unspecified atom stereocenters. The molecule has 18 heavy (non-hydrogen) atoms. The molecule has 1 N–H and O–H groups in total. The molecule has 0 saturated carbocycles. The molecule has 0 heterocycles. The topological polar surface area (TPSA) is 20.2 Å². The molecule has 94 valence electrons. The molecule has 1 atom stereocenters. The average Bonchev–Trinajstić information content (AvgIpc) is 2.35. The highest BCUT2D eigenvalue weighted by Crippen LogP contribution is 2.30. The maximum absolute atomic E-state index is 13.6. The van der Waals surface area contributed by atoms with Gasteiger partial charge in [0, 0.05) is 14.5 Å². The molecule has 0 spiro atoms. The van der Waals surface area contributed by atoms with Gasteiger partial charge in [-0.25, -0.2) is 8.78 Å². The molecule has 0 radical (unpaired) electrons. The van der Waals surface area contributed by atoms with Crippen molar-refractivity contribution in [3.8, 4) is 0 Å². The lowest BCUT2D eigenvalue weighted by molar-refractivity contribution is 0.213. The van der Waals surface area contributed by atoms with Crippen LogP contribution >= 0.6 is 31.9 Å². The van der Waals surface area contributed by atoms with E-state index in [0.29, 0.717) is 5.56 Å². The van der Waals surface area contributed by atoms with Gasteiger partial charge in [0.15, 0.2) is 11.6 Å². The molecule has 5 heteroatoms. The van der Waals surface area contributed by atoms with Gasteiger partial charge in [0.1, 0.15) is 6.10 Å². The number of hydrogen-bond acceptors (Lipinski definition) is 1. The van der Waals surface area contributed by atoms with E-state index in [1.165, 1.54) is 12.1 Å². The fraction of sp³-hybridized carbons (Fsp3) is 0.0769. The van der Waals surface area contributed by atoms with Crippen LogP contribution in [0.1, 0.15) is 17.2 Å². The Balaban J connectivity index is 2.44. The molecule has 0 bridgehead atoms. The smallest absolute Gasteiger partial charge is 0.164 e. The van der Waals surface area contributed by atoms with Gasteiger partial charge in [-0.1, -0.05) is 18.2 Å². The predicted octanol–water partition coefficient (Wildman–Crippen LogP) is 4.57. The van der Waals surface area contributed by atoms with Gasteiger partial charge in [0.05, 0.1) is 0 Å². The van der Waals surface area contributed by atoms with Crippen molar-refractivity contribution in [3.63, 3.8) is 0 Å². The first kappa shape index (κ1) is 13.6. The Bertz CT molecular complexity index is 587. The highest BCUT2D eigenvalue weighted by atomic mass is 79.9. The van der Waals surface area contributed by atoms with E-state index in [1.54, 1.807) is 18.2 Å². The SMILES string of the molecule is OC(c1ccc(Br)c(Br)c1)c1cccc(F)c1F. The zero-order valence-electron chi connectivity index (χ0n) is 9.00. The van der Waals surface area contributed by atoms with E-state index in [2.05, 4.69) is 31.9 Å². The van der Waals surface area contributed by atoms with Crippen LogP contribution in [0.2, 0.25) is 0 Å². The maximum Gasteiger partial charge on any atom is 0.164 e. The maximum atomic E-state index is 13.6. The highest BCUT2D eigenvalue weighted by molar-refractivity contribution is 9.13. The summed E-state index contributed by atoms with van der Waals surface area (Å²) >= 11 is 6.59. The molecule has 2 aromatic carbocycles. The number of aliphatic hydroxyl groups is 1. The summed E-state index contributed by atoms with van der Waals surface area (Å²) in [5, 5.41) is 10.1. The van der Waals surface area contributed by atoms with Gasteiger partial charge in [-0.05, 0) is 55.6 Å². The summed E-state index contributed by atoms with van der Waals surface area (Å²) in [5.74, 6) is -1.99. The van der Waals surface area contributed by atoms with Crippen molar-refractivity contribution in [2.45, 2.75) is 6.10 Å². The molecular formula is C13H8Br2F2O. The summed E-state index contributed by atoms with van der Waals surface area (Å²) in [7, 11) is 0. The summed E-state index contributed by atoms with van der Waals surface area (Å²) in [5.41, 5.74) is 0.402. The van der Waals surface area contributed by atoms with E-state index in [-0.39, 0.29) is 5.56 Å². The largest absolute Gasteiger partial charge is 0.384 e. The van der Waals surface area contributed by atoms with Crippen LogP contribution in [0.25, 0.3) is 0 Å². The summed E-state index contributed by atoms with van der Waals surface area (Å²) in [4.78, 5) is 0. The molecular weight excluding hydrogens is 370 g/mol. The van der Waals surface area contributed by atoms with Crippen molar-refractivity contribution in [2.75, 3.05) is 0 Å². The normalized spacial score (nSPS) is 12.5. The van der Waals surface area contributed by atoms with E-state index < -0.39 is 17.7 Å². The third kappa shape index (κ3) is 2.63. The lowest BCUT2D eigenvalue weighted by Gasteiger charge is -2.13. The Morgan fingerprint density at radius 3 is 2.39 bits per heavy atom. The highest BCUT2D eigenvalue weighted by Gasteiger charge is 2.18. The van der Waals surface area contributed by atoms with Crippen LogP contribution in [0.5, 0.6) is 0 Å². The Morgan fingerprint density at radius 2 is 1.72 bits per heavy atom. The summed E-state index contributed by atoms with van der Waals surface area (Å²) in [6, 6.07) is 8.76. The number of halogens is 4. The van der Waals surface area contributed by atoms with Gasteiger partial charge >= 0.3 is 0 Å². The van der Waals surface area contributed by atoms with Crippen molar-refractivity contribution in [3.05, 3.63) is 68.1 Å². The van der Waals surface area contributed by atoms with Gasteiger partial charge < -0.3 is 5.11 Å². The third-order valence-corrected chi connectivity index (χ3v) is 4.42. The molecule has 0 aliphatic carbocycles. The van der Waals surface area contributed by atoms with Gasteiger partial charge in [0.25, 0.3) is 0 Å². The van der Waals surface area contributed by atoms with E-state index in [1.807, 2.05) is 0 Å². The van der Waals surface area contributed by atoms with Crippen LogP contribution in [0.4, 0.5) is 8.78 Å². The summed E-state index contributed by atoms with van der Waals surface area (Å²) in [6.45, 7) is 0. The lowest BCUT2D eigenvalue weighted by Crippen LogP contribution is -2.04. The van der Waals surface area contributed by atoms with Gasteiger partial charge in [-0.2, -0.15) is 0 Å². The molecule has 2 rings (SSSR count). The third-order valence-electron chi connectivity index (χ3n) is 2.54. The second-order valence-electron chi connectivity index (χ2n) is 3.72. The first-order chi connectivity index (χ1) is 8.50. The van der Waals surface area contributed by atoms with E-state index >= 15 is 0 Å². The average molecular weight is 378 g/mol.